The summed E-state index contributed by atoms with van der Waals surface area (Å²) in [6.45, 7) is 4.29. The third-order valence-corrected chi connectivity index (χ3v) is 4.12. The smallest absolute Gasteiger partial charge is 0.254 e. The fraction of sp³-hybridized carbons (Fsp3) is 0.353. The molecule has 0 fully saturated rings. The SMILES string of the molecule is Cc1nc(C)c(CCC(=O)N2CCc3ccccc32)c(=O)[nH]1. The fourth-order valence-electron chi connectivity index (χ4n) is 3.01. The van der Waals surface area contributed by atoms with Crippen molar-refractivity contribution < 1.29 is 4.79 Å². The molecule has 22 heavy (non-hydrogen) atoms. The number of H-pyrrole nitrogens is 1. The van der Waals surface area contributed by atoms with E-state index in [1.807, 2.05) is 30.0 Å². The lowest BCUT2D eigenvalue weighted by Gasteiger charge is -2.17. The Hall–Kier alpha value is -2.43. The molecule has 0 aliphatic carbocycles. The molecule has 0 atom stereocenters. The van der Waals surface area contributed by atoms with E-state index in [1.54, 1.807) is 6.92 Å². The highest BCUT2D eigenvalue weighted by molar-refractivity contribution is 5.95. The van der Waals surface area contributed by atoms with Crippen molar-refractivity contribution in [2.45, 2.75) is 33.1 Å². The number of anilines is 1. The molecule has 0 bridgehead atoms. The largest absolute Gasteiger partial charge is 0.312 e. The third-order valence-electron chi connectivity index (χ3n) is 4.12. The predicted molar refractivity (Wildman–Crippen MR) is 85.2 cm³/mol. The van der Waals surface area contributed by atoms with Crippen molar-refractivity contribution in [1.29, 1.82) is 0 Å². The van der Waals surface area contributed by atoms with Gasteiger partial charge in [-0.3, -0.25) is 9.59 Å². The summed E-state index contributed by atoms with van der Waals surface area (Å²) in [6, 6.07) is 7.98. The van der Waals surface area contributed by atoms with Crippen LogP contribution in [0.4, 0.5) is 5.69 Å². The Labute approximate surface area is 129 Å². The van der Waals surface area contributed by atoms with E-state index in [2.05, 4.69) is 16.0 Å². The van der Waals surface area contributed by atoms with Gasteiger partial charge in [-0.25, -0.2) is 4.98 Å². The maximum absolute atomic E-state index is 12.5. The second-order valence-electron chi connectivity index (χ2n) is 5.64. The van der Waals surface area contributed by atoms with Gasteiger partial charge in [0.05, 0.1) is 0 Å². The van der Waals surface area contributed by atoms with Crippen LogP contribution in [0.5, 0.6) is 0 Å². The molecule has 0 spiro atoms. The van der Waals surface area contributed by atoms with Gasteiger partial charge < -0.3 is 9.88 Å². The van der Waals surface area contributed by atoms with E-state index < -0.39 is 0 Å². The van der Waals surface area contributed by atoms with Crippen molar-refractivity contribution in [1.82, 2.24) is 9.97 Å². The average Bonchev–Trinajstić information content (AvgIpc) is 2.90. The molecule has 0 saturated carbocycles. The molecule has 2 aromatic rings. The summed E-state index contributed by atoms with van der Waals surface area (Å²) in [4.78, 5) is 33.2. The molecule has 2 heterocycles. The van der Waals surface area contributed by atoms with E-state index in [0.717, 1.165) is 18.7 Å². The predicted octanol–water partition coefficient (Wildman–Crippen LogP) is 1.91. The summed E-state index contributed by atoms with van der Waals surface area (Å²) in [7, 11) is 0. The lowest BCUT2D eigenvalue weighted by atomic mass is 10.1. The summed E-state index contributed by atoms with van der Waals surface area (Å²) >= 11 is 0. The molecule has 5 heteroatoms. The first-order valence-electron chi connectivity index (χ1n) is 7.51. The van der Waals surface area contributed by atoms with Gasteiger partial charge in [-0.15, -0.1) is 0 Å². The number of carbonyl (C=O) groups is 1. The minimum atomic E-state index is -0.139. The number of nitrogens with zero attached hydrogens (tertiary/aromatic N) is 2. The Bertz CT molecular complexity index is 780. The van der Waals surface area contributed by atoms with Gasteiger partial charge in [0.25, 0.3) is 5.56 Å². The molecule has 114 valence electrons. The molecule has 5 nitrogen and oxygen atoms in total. The molecule has 3 rings (SSSR count). The number of benzene rings is 1. The third kappa shape index (κ3) is 2.66. The molecule has 0 saturated heterocycles. The van der Waals surface area contributed by atoms with Gasteiger partial charge in [0.15, 0.2) is 0 Å². The fourth-order valence-corrected chi connectivity index (χ4v) is 3.01. The van der Waals surface area contributed by atoms with E-state index in [1.165, 1.54) is 5.56 Å². The molecular weight excluding hydrogens is 278 g/mol. The maximum Gasteiger partial charge on any atom is 0.254 e. The number of hydrogen-bond donors (Lipinski definition) is 1. The van der Waals surface area contributed by atoms with Gasteiger partial charge in [-0.1, -0.05) is 18.2 Å². The monoisotopic (exact) mass is 297 g/mol. The van der Waals surface area contributed by atoms with Crippen molar-refractivity contribution in [3.8, 4) is 0 Å². The average molecular weight is 297 g/mol. The van der Waals surface area contributed by atoms with E-state index in [4.69, 9.17) is 0 Å². The molecule has 1 aromatic heterocycles. The van der Waals surface area contributed by atoms with Gasteiger partial charge in [-0.2, -0.15) is 0 Å². The number of aromatic nitrogens is 2. The Morgan fingerprint density at radius 2 is 2.09 bits per heavy atom. The van der Waals surface area contributed by atoms with Gasteiger partial charge in [-0.05, 0) is 38.3 Å². The van der Waals surface area contributed by atoms with Crippen LogP contribution < -0.4 is 10.5 Å². The lowest BCUT2D eigenvalue weighted by Crippen LogP contribution is -2.30. The summed E-state index contributed by atoms with van der Waals surface area (Å²) < 4.78 is 0. The molecule has 1 amide bonds. The second kappa shape index (κ2) is 5.75. The van der Waals surface area contributed by atoms with Crippen molar-refractivity contribution in [3.05, 3.63) is 57.3 Å². The molecular formula is C17H19N3O2. The van der Waals surface area contributed by atoms with E-state index in [-0.39, 0.29) is 11.5 Å². The number of amides is 1. The van der Waals surface area contributed by atoms with Crippen LogP contribution in [0.3, 0.4) is 0 Å². The zero-order valence-electron chi connectivity index (χ0n) is 12.8. The van der Waals surface area contributed by atoms with Crippen LogP contribution in [0.15, 0.2) is 29.1 Å². The quantitative estimate of drug-likeness (QED) is 0.941. The highest BCUT2D eigenvalue weighted by Gasteiger charge is 2.24. The number of para-hydroxylation sites is 1. The van der Waals surface area contributed by atoms with Crippen LogP contribution in [0.2, 0.25) is 0 Å². The van der Waals surface area contributed by atoms with Crippen molar-refractivity contribution >= 4 is 11.6 Å². The Balaban J connectivity index is 1.73. The lowest BCUT2D eigenvalue weighted by molar-refractivity contribution is -0.118. The first-order valence-corrected chi connectivity index (χ1v) is 7.51. The molecule has 0 unspecified atom stereocenters. The Morgan fingerprint density at radius 1 is 1.32 bits per heavy atom. The molecule has 1 N–H and O–H groups in total. The second-order valence-corrected chi connectivity index (χ2v) is 5.64. The first kappa shape index (κ1) is 14.5. The zero-order chi connectivity index (χ0) is 15.7. The van der Waals surface area contributed by atoms with Crippen LogP contribution in [-0.2, 0) is 17.6 Å². The van der Waals surface area contributed by atoms with Crippen molar-refractivity contribution in [3.63, 3.8) is 0 Å². The molecule has 1 aliphatic rings. The van der Waals surface area contributed by atoms with Gasteiger partial charge >= 0.3 is 0 Å². The summed E-state index contributed by atoms with van der Waals surface area (Å²) in [6.07, 6.45) is 1.64. The van der Waals surface area contributed by atoms with Crippen molar-refractivity contribution in [2.24, 2.45) is 0 Å². The first-order chi connectivity index (χ1) is 10.6. The van der Waals surface area contributed by atoms with Crippen molar-refractivity contribution in [2.75, 3.05) is 11.4 Å². The normalized spacial score (nSPS) is 13.3. The number of aryl methyl sites for hydroxylation is 2. The van der Waals surface area contributed by atoms with E-state index in [9.17, 15) is 9.59 Å². The van der Waals surface area contributed by atoms with Gasteiger partial charge in [0.2, 0.25) is 5.91 Å². The van der Waals surface area contributed by atoms with Crippen LogP contribution in [-0.4, -0.2) is 22.4 Å². The highest BCUT2D eigenvalue weighted by atomic mass is 16.2. The highest BCUT2D eigenvalue weighted by Crippen LogP contribution is 2.28. The topological polar surface area (TPSA) is 66.1 Å². The van der Waals surface area contributed by atoms with Crippen LogP contribution in [0.1, 0.15) is 29.1 Å². The maximum atomic E-state index is 12.5. The van der Waals surface area contributed by atoms with Crippen LogP contribution >= 0.6 is 0 Å². The number of aromatic amines is 1. The minimum Gasteiger partial charge on any atom is -0.312 e. The summed E-state index contributed by atoms with van der Waals surface area (Å²) in [5.74, 6) is 0.662. The minimum absolute atomic E-state index is 0.0596. The standard InChI is InChI=1S/C17H19N3O2/c1-11-14(17(22)19-12(2)18-11)7-8-16(21)20-10-9-13-5-3-4-6-15(13)20/h3-6H,7-10H2,1-2H3,(H,18,19,22). The number of rotatable bonds is 3. The van der Waals surface area contributed by atoms with E-state index in [0.29, 0.717) is 29.9 Å². The van der Waals surface area contributed by atoms with Crippen LogP contribution in [0.25, 0.3) is 0 Å². The number of nitrogens with one attached hydrogen (secondary N) is 1. The summed E-state index contributed by atoms with van der Waals surface area (Å²) in [5.41, 5.74) is 3.38. The molecule has 0 radical (unpaired) electrons. The van der Waals surface area contributed by atoms with Gasteiger partial charge in [0, 0.05) is 29.9 Å². The number of fused-ring (bicyclic) bond motifs is 1. The molecule has 1 aromatic carbocycles. The molecule has 1 aliphatic heterocycles. The van der Waals surface area contributed by atoms with Gasteiger partial charge in [0.1, 0.15) is 5.82 Å². The Morgan fingerprint density at radius 3 is 2.86 bits per heavy atom. The Kier molecular flexibility index (Phi) is 3.79. The zero-order valence-corrected chi connectivity index (χ0v) is 12.8. The van der Waals surface area contributed by atoms with Crippen LogP contribution in [0, 0.1) is 13.8 Å². The number of hydrogen-bond acceptors (Lipinski definition) is 3. The number of carbonyl (C=O) groups excluding carboxylic acids is 1. The summed E-state index contributed by atoms with van der Waals surface area (Å²) in [5, 5.41) is 0. The van der Waals surface area contributed by atoms with E-state index >= 15 is 0 Å².